The van der Waals surface area contributed by atoms with Crippen molar-refractivity contribution in [3.05, 3.63) is 52.5 Å². The van der Waals surface area contributed by atoms with E-state index in [4.69, 9.17) is 11.6 Å². The van der Waals surface area contributed by atoms with Crippen LogP contribution in [0, 0.1) is 0 Å². The van der Waals surface area contributed by atoms with Gasteiger partial charge in [0.1, 0.15) is 5.75 Å². The number of phenols is 1. The molecule has 1 aliphatic rings. The van der Waals surface area contributed by atoms with Crippen LogP contribution in [0.1, 0.15) is 17.5 Å². The van der Waals surface area contributed by atoms with Crippen LogP contribution in [-0.2, 0) is 22.9 Å². The average Bonchev–Trinajstić information content (AvgIpc) is 2.90. The summed E-state index contributed by atoms with van der Waals surface area (Å²) >= 11 is 5.71. The van der Waals surface area contributed by atoms with Crippen LogP contribution in [0.3, 0.4) is 0 Å². The first-order chi connectivity index (χ1) is 9.95. The molecule has 0 spiro atoms. The zero-order valence-corrected chi connectivity index (χ0v) is 12.7. The number of fused-ring (bicyclic) bond motifs is 1. The van der Waals surface area contributed by atoms with Crippen LogP contribution < -0.4 is 4.72 Å². The molecule has 6 heteroatoms. The molecule has 3 rings (SSSR count). The molecular weight excluding hydrogens is 310 g/mol. The van der Waals surface area contributed by atoms with E-state index < -0.39 is 10.0 Å². The Bertz CT molecular complexity index is 803. The molecule has 0 saturated carbocycles. The number of anilines is 1. The van der Waals surface area contributed by atoms with Crippen LogP contribution in [0.4, 0.5) is 5.69 Å². The molecule has 4 nitrogen and oxygen atoms in total. The van der Waals surface area contributed by atoms with E-state index in [0.717, 1.165) is 24.8 Å². The van der Waals surface area contributed by atoms with Crippen molar-refractivity contribution in [2.75, 3.05) is 4.72 Å². The van der Waals surface area contributed by atoms with E-state index >= 15 is 0 Å². The molecular formula is C15H14ClNO3S. The molecule has 110 valence electrons. The second-order valence-electron chi connectivity index (χ2n) is 5.06. The van der Waals surface area contributed by atoms with Crippen molar-refractivity contribution in [3.63, 3.8) is 0 Å². The quantitative estimate of drug-likeness (QED) is 0.910. The molecule has 0 fully saturated rings. The molecule has 2 aromatic carbocycles. The lowest BCUT2D eigenvalue weighted by atomic mass is 10.1. The van der Waals surface area contributed by atoms with Gasteiger partial charge in [-0.15, -0.1) is 0 Å². The number of nitrogens with one attached hydrogen (secondary N) is 1. The van der Waals surface area contributed by atoms with Gasteiger partial charge in [-0.25, -0.2) is 8.42 Å². The fourth-order valence-corrected chi connectivity index (χ4v) is 3.72. The lowest BCUT2D eigenvalue weighted by Crippen LogP contribution is -2.13. The van der Waals surface area contributed by atoms with Crippen LogP contribution >= 0.6 is 11.6 Å². The highest BCUT2D eigenvalue weighted by Gasteiger charge is 2.18. The van der Waals surface area contributed by atoms with Gasteiger partial charge >= 0.3 is 0 Å². The molecule has 0 aliphatic heterocycles. The normalized spacial score (nSPS) is 14.0. The number of hydrogen-bond donors (Lipinski definition) is 2. The standard InChI is InChI=1S/C15H14ClNO3S/c16-14-7-5-12(9-15(14)18)17-21(19,20)13-6-4-10-2-1-3-11(10)8-13/h4-9,17-18H,1-3H2. The number of halogens is 1. The van der Waals surface area contributed by atoms with Crippen molar-refractivity contribution >= 4 is 27.3 Å². The molecule has 0 saturated heterocycles. The molecule has 0 atom stereocenters. The topological polar surface area (TPSA) is 66.4 Å². The van der Waals surface area contributed by atoms with Crippen molar-refractivity contribution in [2.45, 2.75) is 24.2 Å². The lowest BCUT2D eigenvalue weighted by molar-refractivity contribution is 0.476. The van der Waals surface area contributed by atoms with Crippen molar-refractivity contribution in [3.8, 4) is 5.75 Å². The van der Waals surface area contributed by atoms with Crippen LogP contribution in [0.15, 0.2) is 41.3 Å². The molecule has 0 aromatic heterocycles. The van der Waals surface area contributed by atoms with Gasteiger partial charge in [0.25, 0.3) is 10.0 Å². The number of aromatic hydroxyl groups is 1. The van der Waals surface area contributed by atoms with E-state index in [0.29, 0.717) is 0 Å². The summed E-state index contributed by atoms with van der Waals surface area (Å²) in [6.07, 6.45) is 2.99. The first kappa shape index (κ1) is 14.2. The minimum Gasteiger partial charge on any atom is -0.506 e. The van der Waals surface area contributed by atoms with Gasteiger partial charge in [-0.1, -0.05) is 17.7 Å². The summed E-state index contributed by atoms with van der Waals surface area (Å²) in [4.78, 5) is 0.234. The highest BCUT2D eigenvalue weighted by Crippen LogP contribution is 2.29. The van der Waals surface area contributed by atoms with Crippen molar-refractivity contribution in [2.24, 2.45) is 0 Å². The highest BCUT2D eigenvalue weighted by atomic mass is 35.5. The van der Waals surface area contributed by atoms with Crippen LogP contribution in [0.25, 0.3) is 0 Å². The monoisotopic (exact) mass is 323 g/mol. The van der Waals surface area contributed by atoms with Gasteiger partial charge in [0, 0.05) is 6.07 Å². The van der Waals surface area contributed by atoms with E-state index in [-0.39, 0.29) is 21.4 Å². The lowest BCUT2D eigenvalue weighted by Gasteiger charge is -2.10. The number of hydrogen-bond acceptors (Lipinski definition) is 3. The highest BCUT2D eigenvalue weighted by molar-refractivity contribution is 7.92. The number of sulfonamides is 1. The summed E-state index contributed by atoms with van der Waals surface area (Å²) in [6.45, 7) is 0. The summed E-state index contributed by atoms with van der Waals surface area (Å²) in [5.74, 6) is -0.161. The van der Waals surface area contributed by atoms with Crippen molar-refractivity contribution in [1.82, 2.24) is 0 Å². The third-order valence-electron chi connectivity index (χ3n) is 3.58. The predicted molar refractivity (Wildman–Crippen MR) is 82.4 cm³/mol. The minimum atomic E-state index is -3.67. The smallest absolute Gasteiger partial charge is 0.261 e. The average molecular weight is 324 g/mol. The Hall–Kier alpha value is -1.72. The molecule has 0 radical (unpaired) electrons. The summed E-state index contributed by atoms with van der Waals surface area (Å²) in [5.41, 5.74) is 2.59. The summed E-state index contributed by atoms with van der Waals surface area (Å²) in [6, 6.07) is 9.44. The predicted octanol–water partition coefficient (Wildman–Crippen LogP) is 3.34. The van der Waals surface area contributed by atoms with E-state index in [1.165, 1.54) is 23.8 Å². The fraction of sp³-hybridized carbons (Fsp3) is 0.200. The summed E-state index contributed by atoms with van der Waals surface area (Å²) < 4.78 is 27.2. The second kappa shape index (κ2) is 5.24. The molecule has 0 heterocycles. The maximum atomic E-state index is 12.4. The van der Waals surface area contributed by atoms with Crippen LogP contribution in [0.5, 0.6) is 5.75 Å². The molecule has 1 aliphatic carbocycles. The molecule has 0 bridgehead atoms. The van der Waals surface area contributed by atoms with Crippen molar-refractivity contribution in [1.29, 1.82) is 0 Å². The van der Waals surface area contributed by atoms with Gasteiger partial charge < -0.3 is 5.11 Å². The van der Waals surface area contributed by atoms with Crippen LogP contribution in [-0.4, -0.2) is 13.5 Å². The van der Waals surface area contributed by atoms with Gasteiger partial charge in [0.2, 0.25) is 0 Å². The Balaban J connectivity index is 1.91. The third-order valence-corrected chi connectivity index (χ3v) is 5.28. The molecule has 2 N–H and O–H groups in total. The first-order valence-corrected chi connectivity index (χ1v) is 8.45. The van der Waals surface area contributed by atoms with E-state index in [1.54, 1.807) is 12.1 Å². The number of phenolic OH excluding ortho intramolecular Hbond substituents is 1. The third kappa shape index (κ3) is 2.84. The minimum absolute atomic E-state index is 0.161. The van der Waals surface area contributed by atoms with E-state index in [9.17, 15) is 13.5 Å². The Morgan fingerprint density at radius 2 is 1.81 bits per heavy atom. The zero-order valence-electron chi connectivity index (χ0n) is 11.1. The molecule has 21 heavy (non-hydrogen) atoms. The van der Waals surface area contributed by atoms with Gasteiger partial charge in [-0.3, -0.25) is 4.72 Å². The summed E-state index contributed by atoms with van der Waals surface area (Å²) in [7, 11) is -3.67. The van der Waals surface area contributed by atoms with Gasteiger partial charge in [-0.05, 0) is 54.7 Å². The largest absolute Gasteiger partial charge is 0.506 e. The Labute approximate surface area is 128 Å². The SMILES string of the molecule is O=S(=O)(Nc1ccc(Cl)c(O)c1)c1ccc2c(c1)CCC2. The molecule has 0 amide bonds. The number of benzene rings is 2. The summed E-state index contributed by atoms with van der Waals surface area (Å²) in [5, 5.41) is 9.70. The number of aryl methyl sites for hydroxylation is 2. The maximum Gasteiger partial charge on any atom is 0.261 e. The Morgan fingerprint density at radius 1 is 1.05 bits per heavy atom. The first-order valence-electron chi connectivity index (χ1n) is 6.59. The van der Waals surface area contributed by atoms with Crippen molar-refractivity contribution < 1.29 is 13.5 Å². The second-order valence-corrected chi connectivity index (χ2v) is 7.15. The number of rotatable bonds is 3. The van der Waals surface area contributed by atoms with Gasteiger partial charge in [0.05, 0.1) is 15.6 Å². The Kier molecular flexibility index (Phi) is 3.55. The van der Waals surface area contributed by atoms with E-state index in [1.807, 2.05) is 6.07 Å². The van der Waals surface area contributed by atoms with Gasteiger partial charge in [0.15, 0.2) is 0 Å². The van der Waals surface area contributed by atoms with E-state index in [2.05, 4.69) is 4.72 Å². The maximum absolute atomic E-state index is 12.4. The van der Waals surface area contributed by atoms with Gasteiger partial charge in [-0.2, -0.15) is 0 Å². The molecule has 2 aromatic rings. The molecule has 0 unspecified atom stereocenters. The fourth-order valence-electron chi connectivity index (χ4n) is 2.51. The zero-order chi connectivity index (χ0) is 15.0. The Morgan fingerprint density at radius 3 is 2.57 bits per heavy atom. The van der Waals surface area contributed by atoms with Crippen LogP contribution in [0.2, 0.25) is 5.02 Å².